The number of aryl methyl sites for hydroxylation is 1. The van der Waals surface area contributed by atoms with E-state index in [-0.39, 0.29) is 0 Å². The van der Waals surface area contributed by atoms with Crippen LogP contribution in [0.3, 0.4) is 0 Å². The molecular weight excluding hydrogens is 282 g/mol. The maximum absolute atomic E-state index is 11.4. The second-order valence-electron chi connectivity index (χ2n) is 5.38. The lowest BCUT2D eigenvalue weighted by atomic mass is 10.0. The van der Waals surface area contributed by atoms with Crippen molar-refractivity contribution in [1.29, 1.82) is 0 Å². The summed E-state index contributed by atoms with van der Waals surface area (Å²) >= 11 is 0. The molecule has 2 aromatic rings. The van der Waals surface area contributed by atoms with Gasteiger partial charge in [0.05, 0.1) is 4.90 Å². The molecular formula is C17H21NO2S. The van der Waals surface area contributed by atoms with Crippen LogP contribution in [-0.2, 0) is 22.9 Å². The van der Waals surface area contributed by atoms with E-state index in [1.807, 2.05) is 12.1 Å². The molecule has 112 valence electrons. The highest BCUT2D eigenvalue weighted by molar-refractivity contribution is 7.90. The number of sulfone groups is 1. The van der Waals surface area contributed by atoms with E-state index in [9.17, 15) is 8.42 Å². The maximum Gasteiger partial charge on any atom is 0.175 e. The number of rotatable bonds is 5. The van der Waals surface area contributed by atoms with Crippen molar-refractivity contribution in [3.05, 3.63) is 64.7 Å². The van der Waals surface area contributed by atoms with Crippen molar-refractivity contribution in [2.24, 2.45) is 0 Å². The molecule has 3 nitrogen and oxygen atoms in total. The molecule has 0 aliphatic rings. The van der Waals surface area contributed by atoms with Gasteiger partial charge in [-0.15, -0.1) is 0 Å². The van der Waals surface area contributed by atoms with E-state index < -0.39 is 9.84 Å². The Hall–Kier alpha value is -1.65. The molecule has 0 bridgehead atoms. The van der Waals surface area contributed by atoms with Crippen LogP contribution in [0.1, 0.15) is 22.3 Å². The minimum atomic E-state index is -3.11. The summed E-state index contributed by atoms with van der Waals surface area (Å²) < 4.78 is 22.8. The number of nitrogens with one attached hydrogen (secondary N) is 1. The minimum absolute atomic E-state index is 0.362. The molecule has 0 aliphatic heterocycles. The Bertz CT molecular complexity index is 719. The summed E-state index contributed by atoms with van der Waals surface area (Å²) in [5.74, 6) is 0. The SMILES string of the molecule is Cc1cccc(CNCc2ccc(S(C)(=O)=O)cc2)c1C. The Morgan fingerprint density at radius 3 is 2.24 bits per heavy atom. The first-order valence-electron chi connectivity index (χ1n) is 6.93. The van der Waals surface area contributed by atoms with Gasteiger partial charge in [0.2, 0.25) is 0 Å². The second kappa shape index (κ2) is 6.41. The normalized spacial score (nSPS) is 11.6. The minimum Gasteiger partial charge on any atom is -0.309 e. The highest BCUT2D eigenvalue weighted by Gasteiger charge is 2.06. The summed E-state index contributed by atoms with van der Waals surface area (Å²) in [5.41, 5.74) is 4.99. The van der Waals surface area contributed by atoms with E-state index in [2.05, 4.69) is 37.4 Å². The zero-order valence-corrected chi connectivity index (χ0v) is 13.5. The van der Waals surface area contributed by atoms with Crippen LogP contribution in [0, 0.1) is 13.8 Å². The molecule has 2 rings (SSSR count). The van der Waals surface area contributed by atoms with Gasteiger partial charge in [-0.05, 0) is 48.2 Å². The Morgan fingerprint density at radius 1 is 0.952 bits per heavy atom. The molecule has 0 aliphatic carbocycles. The van der Waals surface area contributed by atoms with Gasteiger partial charge in [-0.1, -0.05) is 30.3 Å². The van der Waals surface area contributed by atoms with Gasteiger partial charge in [0.15, 0.2) is 9.84 Å². The Labute approximate surface area is 126 Å². The van der Waals surface area contributed by atoms with Gasteiger partial charge in [0.25, 0.3) is 0 Å². The molecule has 0 saturated carbocycles. The summed E-state index contributed by atoms with van der Waals surface area (Å²) in [6, 6.07) is 13.3. The van der Waals surface area contributed by atoms with E-state index in [0.717, 1.165) is 18.7 Å². The van der Waals surface area contributed by atoms with Crippen molar-refractivity contribution in [1.82, 2.24) is 5.32 Å². The third kappa shape index (κ3) is 4.16. The molecule has 0 radical (unpaired) electrons. The molecule has 1 N–H and O–H groups in total. The average Bonchev–Trinajstić information content (AvgIpc) is 2.43. The van der Waals surface area contributed by atoms with Crippen molar-refractivity contribution in [3.8, 4) is 0 Å². The number of hydrogen-bond acceptors (Lipinski definition) is 3. The van der Waals surface area contributed by atoms with E-state index in [1.54, 1.807) is 12.1 Å². The summed E-state index contributed by atoms with van der Waals surface area (Å²) in [6.45, 7) is 5.77. The standard InChI is InChI=1S/C17H21NO2S/c1-13-5-4-6-16(14(13)2)12-18-11-15-7-9-17(10-8-15)21(3,19)20/h4-10,18H,11-12H2,1-3H3. The van der Waals surface area contributed by atoms with Crippen LogP contribution in [-0.4, -0.2) is 14.7 Å². The smallest absolute Gasteiger partial charge is 0.175 e. The highest BCUT2D eigenvalue weighted by atomic mass is 32.2. The lowest BCUT2D eigenvalue weighted by Gasteiger charge is -2.10. The summed E-state index contributed by atoms with van der Waals surface area (Å²) in [6.07, 6.45) is 1.22. The third-order valence-electron chi connectivity index (χ3n) is 3.71. The first-order chi connectivity index (χ1) is 9.88. The fourth-order valence-corrected chi connectivity index (χ4v) is 2.83. The Morgan fingerprint density at radius 2 is 1.62 bits per heavy atom. The average molecular weight is 303 g/mol. The van der Waals surface area contributed by atoms with Crippen LogP contribution in [0.15, 0.2) is 47.4 Å². The van der Waals surface area contributed by atoms with Gasteiger partial charge < -0.3 is 5.32 Å². The first-order valence-corrected chi connectivity index (χ1v) is 8.82. The van der Waals surface area contributed by atoms with Crippen LogP contribution in [0.25, 0.3) is 0 Å². The molecule has 0 amide bonds. The van der Waals surface area contributed by atoms with Gasteiger partial charge >= 0.3 is 0 Å². The zero-order valence-electron chi connectivity index (χ0n) is 12.7. The van der Waals surface area contributed by atoms with Gasteiger partial charge in [-0.3, -0.25) is 0 Å². The molecule has 0 unspecified atom stereocenters. The van der Waals surface area contributed by atoms with E-state index in [1.165, 1.54) is 22.9 Å². The number of benzene rings is 2. The molecule has 0 fully saturated rings. The lowest BCUT2D eigenvalue weighted by molar-refractivity contribution is 0.602. The summed E-state index contributed by atoms with van der Waals surface area (Å²) in [7, 11) is -3.11. The molecule has 0 heterocycles. The van der Waals surface area contributed by atoms with Crippen LogP contribution >= 0.6 is 0 Å². The van der Waals surface area contributed by atoms with Gasteiger partial charge in [0, 0.05) is 19.3 Å². The third-order valence-corrected chi connectivity index (χ3v) is 4.84. The lowest BCUT2D eigenvalue weighted by Crippen LogP contribution is -2.13. The van der Waals surface area contributed by atoms with Crippen LogP contribution in [0.2, 0.25) is 0 Å². The fourth-order valence-electron chi connectivity index (χ4n) is 2.20. The highest BCUT2D eigenvalue weighted by Crippen LogP contribution is 2.13. The Balaban J connectivity index is 1.96. The van der Waals surface area contributed by atoms with E-state index >= 15 is 0 Å². The van der Waals surface area contributed by atoms with Crippen molar-refractivity contribution in [2.45, 2.75) is 31.8 Å². The van der Waals surface area contributed by atoms with Crippen LogP contribution in [0.5, 0.6) is 0 Å². The van der Waals surface area contributed by atoms with E-state index in [4.69, 9.17) is 0 Å². The predicted molar refractivity (Wildman–Crippen MR) is 86.0 cm³/mol. The summed E-state index contributed by atoms with van der Waals surface area (Å²) in [5, 5.41) is 3.39. The van der Waals surface area contributed by atoms with Crippen LogP contribution in [0.4, 0.5) is 0 Å². The van der Waals surface area contributed by atoms with Crippen molar-refractivity contribution in [3.63, 3.8) is 0 Å². The van der Waals surface area contributed by atoms with Gasteiger partial charge in [-0.25, -0.2) is 8.42 Å². The molecule has 0 saturated heterocycles. The maximum atomic E-state index is 11.4. The monoisotopic (exact) mass is 303 g/mol. The number of hydrogen-bond donors (Lipinski definition) is 1. The summed E-state index contributed by atoms with van der Waals surface area (Å²) in [4.78, 5) is 0.362. The van der Waals surface area contributed by atoms with Crippen molar-refractivity contribution < 1.29 is 8.42 Å². The van der Waals surface area contributed by atoms with Gasteiger partial charge in [0.1, 0.15) is 0 Å². The van der Waals surface area contributed by atoms with Crippen LogP contribution < -0.4 is 5.32 Å². The zero-order chi connectivity index (χ0) is 15.5. The quantitative estimate of drug-likeness (QED) is 0.923. The van der Waals surface area contributed by atoms with E-state index in [0.29, 0.717) is 4.90 Å². The van der Waals surface area contributed by atoms with Gasteiger partial charge in [-0.2, -0.15) is 0 Å². The molecule has 0 atom stereocenters. The first kappa shape index (κ1) is 15.7. The predicted octanol–water partition coefficient (Wildman–Crippen LogP) is 3.00. The van der Waals surface area contributed by atoms with Crippen molar-refractivity contribution >= 4 is 9.84 Å². The molecule has 21 heavy (non-hydrogen) atoms. The Kier molecular flexibility index (Phi) is 4.80. The fraction of sp³-hybridized carbons (Fsp3) is 0.294. The molecule has 4 heteroatoms. The largest absolute Gasteiger partial charge is 0.309 e. The molecule has 0 aromatic heterocycles. The molecule has 0 spiro atoms. The topological polar surface area (TPSA) is 46.2 Å². The molecule has 2 aromatic carbocycles. The van der Waals surface area contributed by atoms with Crippen molar-refractivity contribution in [2.75, 3.05) is 6.26 Å². The second-order valence-corrected chi connectivity index (χ2v) is 7.39.